The average Bonchev–Trinajstić information content (AvgIpc) is 3.03. The third-order valence-corrected chi connectivity index (χ3v) is 5.28. The van der Waals surface area contributed by atoms with E-state index in [0.717, 1.165) is 50.5 Å². The molecule has 4 rings (SSSR count). The van der Waals surface area contributed by atoms with E-state index in [-0.39, 0.29) is 5.91 Å². The fourth-order valence-corrected chi connectivity index (χ4v) is 4.07. The number of amides is 1. The molecule has 25 heavy (non-hydrogen) atoms. The summed E-state index contributed by atoms with van der Waals surface area (Å²) in [7, 11) is 0. The van der Waals surface area contributed by atoms with E-state index in [1.807, 2.05) is 17.9 Å². The first-order valence-corrected chi connectivity index (χ1v) is 8.89. The number of aryl methyl sites for hydroxylation is 1. The van der Waals surface area contributed by atoms with Crippen molar-refractivity contribution in [3.05, 3.63) is 53.9 Å². The summed E-state index contributed by atoms with van der Waals surface area (Å²) < 4.78 is 0. The Morgan fingerprint density at radius 2 is 2.08 bits per heavy atom. The fourth-order valence-electron chi connectivity index (χ4n) is 4.07. The van der Waals surface area contributed by atoms with E-state index in [1.54, 1.807) is 18.6 Å². The number of hydrogen-bond acceptors (Lipinski definition) is 5. The van der Waals surface area contributed by atoms with Gasteiger partial charge in [-0.25, -0.2) is 4.98 Å². The molecule has 0 aliphatic carbocycles. The van der Waals surface area contributed by atoms with Crippen LogP contribution in [0.4, 0.5) is 0 Å². The van der Waals surface area contributed by atoms with Gasteiger partial charge in [0.05, 0.1) is 11.9 Å². The summed E-state index contributed by atoms with van der Waals surface area (Å²) in [6.45, 7) is 6.69. The van der Waals surface area contributed by atoms with Crippen molar-refractivity contribution < 1.29 is 4.79 Å². The maximum absolute atomic E-state index is 12.6. The Balaban J connectivity index is 1.38. The molecule has 2 aromatic rings. The Bertz CT molecular complexity index is 750. The van der Waals surface area contributed by atoms with Gasteiger partial charge >= 0.3 is 0 Å². The van der Waals surface area contributed by atoms with Gasteiger partial charge in [0.15, 0.2) is 0 Å². The van der Waals surface area contributed by atoms with Gasteiger partial charge in [0.1, 0.15) is 5.69 Å². The molecule has 2 saturated heterocycles. The molecule has 0 bridgehead atoms. The summed E-state index contributed by atoms with van der Waals surface area (Å²) in [5.74, 6) is 1.22. The van der Waals surface area contributed by atoms with Crippen LogP contribution < -0.4 is 0 Å². The molecule has 6 nitrogen and oxygen atoms in total. The fraction of sp³-hybridized carbons (Fsp3) is 0.474. The highest BCUT2D eigenvalue weighted by Crippen LogP contribution is 2.32. The first-order chi connectivity index (χ1) is 12.2. The third kappa shape index (κ3) is 3.54. The second kappa shape index (κ2) is 6.88. The molecular weight excluding hydrogens is 314 g/mol. The number of pyridine rings is 1. The van der Waals surface area contributed by atoms with Gasteiger partial charge in [0, 0.05) is 50.8 Å². The van der Waals surface area contributed by atoms with E-state index in [4.69, 9.17) is 0 Å². The van der Waals surface area contributed by atoms with Crippen molar-refractivity contribution in [1.29, 1.82) is 0 Å². The normalized spacial score (nSPS) is 23.5. The molecule has 0 spiro atoms. The van der Waals surface area contributed by atoms with Crippen molar-refractivity contribution in [2.24, 2.45) is 11.8 Å². The Labute approximate surface area is 147 Å². The molecule has 0 aromatic carbocycles. The van der Waals surface area contributed by atoms with Crippen molar-refractivity contribution in [3.63, 3.8) is 0 Å². The molecule has 0 radical (unpaired) electrons. The van der Waals surface area contributed by atoms with Crippen LogP contribution in [0.5, 0.6) is 0 Å². The van der Waals surface area contributed by atoms with Crippen molar-refractivity contribution in [3.8, 4) is 0 Å². The molecule has 2 aliphatic heterocycles. The number of hydrogen-bond donors (Lipinski definition) is 0. The van der Waals surface area contributed by atoms with Gasteiger partial charge in [-0.1, -0.05) is 6.07 Å². The maximum Gasteiger partial charge on any atom is 0.274 e. The SMILES string of the molecule is Cc1cccc(CN2C[C@H]3CCN(C(=O)c4cnccn4)C[C@H]3C2)n1. The number of rotatable bonds is 3. The van der Waals surface area contributed by atoms with Crippen LogP contribution in [-0.4, -0.2) is 56.8 Å². The van der Waals surface area contributed by atoms with Gasteiger partial charge in [0.2, 0.25) is 0 Å². The minimum absolute atomic E-state index is 0.00495. The average molecular weight is 337 g/mol. The number of likely N-dealkylation sites (tertiary alicyclic amines) is 2. The van der Waals surface area contributed by atoms with E-state index in [1.165, 1.54) is 0 Å². The quantitative estimate of drug-likeness (QED) is 0.854. The van der Waals surface area contributed by atoms with E-state index in [9.17, 15) is 4.79 Å². The number of fused-ring (bicyclic) bond motifs is 1. The van der Waals surface area contributed by atoms with Gasteiger partial charge in [-0.15, -0.1) is 0 Å². The molecule has 1 amide bonds. The summed E-state index contributed by atoms with van der Waals surface area (Å²) in [4.78, 5) is 29.8. The van der Waals surface area contributed by atoms with Crippen molar-refractivity contribution in [2.45, 2.75) is 19.9 Å². The van der Waals surface area contributed by atoms with Gasteiger partial charge in [-0.3, -0.25) is 19.7 Å². The molecule has 130 valence electrons. The molecule has 0 saturated carbocycles. The monoisotopic (exact) mass is 337 g/mol. The highest BCUT2D eigenvalue weighted by molar-refractivity contribution is 5.92. The highest BCUT2D eigenvalue weighted by Gasteiger charge is 2.38. The molecule has 4 heterocycles. The smallest absolute Gasteiger partial charge is 0.274 e. The second-order valence-corrected chi connectivity index (χ2v) is 7.12. The minimum atomic E-state index is 0.00495. The van der Waals surface area contributed by atoms with E-state index in [2.05, 4.69) is 32.0 Å². The van der Waals surface area contributed by atoms with Crippen LogP contribution in [0.3, 0.4) is 0 Å². The second-order valence-electron chi connectivity index (χ2n) is 7.12. The summed E-state index contributed by atoms with van der Waals surface area (Å²) in [6, 6.07) is 6.20. The first kappa shape index (κ1) is 16.1. The standard InChI is InChI=1S/C19H23N5O/c1-14-3-2-4-17(22-14)13-23-10-15-5-8-24(12-16(15)11-23)19(25)18-9-20-6-7-21-18/h2-4,6-7,9,15-16H,5,8,10-13H2,1H3/t15-,16-/m1/s1. The largest absolute Gasteiger partial charge is 0.337 e. The van der Waals surface area contributed by atoms with Gasteiger partial charge in [-0.05, 0) is 37.3 Å². The lowest BCUT2D eigenvalue weighted by Gasteiger charge is -2.34. The van der Waals surface area contributed by atoms with Gasteiger partial charge in [0.25, 0.3) is 5.91 Å². The summed E-state index contributed by atoms with van der Waals surface area (Å²) in [6.07, 6.45) is 5.79. The Hall–Kier alpha value is -2.34. The number of nitrogens with zero attached hydrogens (tertiary/aromatic N) is 5. The Kier molecular flexibility index (Phi) is 4.44. The van der Waals surface area contributed by atoms with Crippen LogP contribution in [-0.2, 0) is 6.54 Å². The molecule has 2 atom stereocenters. The predicted molar refractivity (Wildman–Crippen MR) is 93.8 cm³/mol. The molecule has 6 heteroatoms. The van der Waals surface area contributed by atoms with Crippen LogP contribution in [0.25, 0.3) is 0 Å². The summed E-state index contributed by atoms with van der Waals surface area (Å²) in [5, 5.41) is 0. The molecule has 2 aliphatic rings. The van der Waals surface area contributed by atoms with Crippen LogP contribution >= 0.6 is 0 Å². The Morgan fingerprint density at radius 3 is 2.88 bits per heavy atom. The van der Waals surface area contributed by atoms with Crippen molar-refractivity contribution in [2.75, 3.05) is 26.2 Å². The minimum Gasteiger partial charge on any atom is -0.337 e. The maximum atomic E-state index is 12.6. The predicted octanol–water partition coefficient (Wildman–Crippen LogP) is 1.77. The number of aromatic nitrogens is 3. The lowest BCUT2D eigenvalue weighted by Crippen LogP contribution is -2.43. The topological polar surface area (TPSA) is 62.2 Å². The number of carbonyl (C=O) groups excluding carboxylic acids is 1. The van der Waals surface area contributed by atoms with Crippen molar-refractivity contribution in [1.82, 2.24) is 24.8 Å². The first-order valence-electron chi connectivity index (χ1n) is 8.89. The summed E-state index contributed by atoms with van der Waals surface area (Å²) in [5.41, 5.74) is 2.64. The molecule has 0 unspecified atom stereocenters. The zero-order valence-electron chi connectivity index (χ0n) is 14.5. The van der Waals surface area contributed by atoms with Crippen molar-refractivity contribution >= 4 is 5.91 Å². The zero-order valence-corrected chi connectivity index (χ0v) is 14.5. The van der Waals surface area contributed by atoms with E-state index < -0.39 is 0 Å². The number of piperidine rings is 1. The zero-order chi connectivity index (χ0) is 17.2. The number of carbonyl (C=O) groups is 1. The van der Waals surface area contributed by atoms with Gasteiger partial charge < -0.3 is 4.90 Å². The van der Waals surface area contributed by atoms with Crippen LogP contribution in [0.15, 0.2) is 36.8 Å². The van der Waals surface area contributed by atoms with Crippen LogP contribution in [0.1, 0.15) is 28.3 Å². The molecule has 2 aromatic heterocycles. The van der Waals surface area contributed by atoms with E-state index >= 15 is 0 Å². The Morgan fingerprint density at radius 1 is 1.20 bits per heavy atom. The van der Waals surface area contributed by atoms with Gasteiger partial charge in [-0.2, -0.15) is 0 Å². The van der Waals surface area contributed by atoms with Crippen LogP contribution in [0, 0.1) is 18.8 Å². The molecule has 2 fully saturated rings. The molecular formula is C19H23N5O. The lowest BCUT2D eigenvalue weighted by molar-refractivity contribution is 0.0635. The lowest BCUT2D eigenvalue weighted by atomic mass is 9.88. The highest BCUT2D eigenvalue weighted by atomic mass is 16.2. The van der Waals surface area contributed by atoms with E-state index in [0.29, 0.717) is 17.5 Å². The van der Waals surface area contributed by atoms with Crippen LogP contribution in [0.2, 0.25) is 0 Å². The summed E-state index contributed by atoms with van der Waals surface area (Å²) >= 11 is 0. The third-order valence-electron chi connectivity index (χ3n) is 5.28. The molecule has 0 N–H and O–H groups in total.